The number of nitrogens with zero attached hydrogens (tertiary/aromatic N) is 8. The minimum atomic E-state index is -0.119. The maximum Gasteiger partial charge on any atom is 0.235 e. The zero-order valence-electron chi connectivity index (χ0n) is 58.6. The van der Waals surface area contributed by atoms with Crippen molar-refractivity contribution >= 4 is 131 Å². The molecule has 0 amide bonds. The maximum absolute atomic E-state index is 5.51. The van der Waals surface area contributed by atoms with Crippen molar-refractivity contribution in [3.8, 4) is 67.9 Å². The minimum Gasteiger partial charge on any atom is -0.309 e. The molecule has 0 N–H and O–H groups in total. The van der Waals surface area contributed by atoms with Crippen molar-refractivity contribution in [1.29, 1.82) is 0 Å². The van der Waals surface area contributed by atoms with Crippen LogP contribution < -0.4 is 0 Å². The number of hydrogen-bond acceptors (Lipinski definition) is 4. The van der Waals surface area contributed by atoms with Crippen molar-refractivity contribution in [1.82, 2.24) is 38.2 Å². The molecule has 0 fully saturated rings. The van der Waals surface area contributed by atoms with E-state index in [0.29, 0.717) is 11.9 Å². The lowest BCUT2D eigenvalue weighted by Gasteiger charge is -2.22. The van der Waals surface area contributed by atoms with Crippen LogP contribution in [0.4, 0.5) is 0 Å². The molecule has 22 aromatic rings. The SMILES string of the molecule is CC1(C)c2ccccc2-c2ccc(-c3nc(-n4c5ccccc5c5c6cc(-c7ccc8c9ccccc9n(-c9ccccc9)c8c7)ccc6ccc54)nc4ccccc34)cc21.c1ccc(-n2c3ccccc3c3cc(-c4ccc5c(ccc6c5c5ccccc5n6-c5ncc6ccccc6n5)c4)ccc32)cc1. The van der Waals surface area contributed by atoms with Gasteiger partial charge in [-0.05, 0) is 175 Å². The molecule has 1 aliphatic rings. The summed E-state index contributed by atoms with van der Waals surface area (Å²) in [6.07, 6.45) is 1.92. The molecule has 1 aliphatic carbocycles. The molecule has 0 atom stereocenters. The lowest BCUT2D eigenvalue weighted by atomic mass is 9.82. The lowest BCUT2D eigenvalue weighted by Crippen LogP contribution is -2.15. The summed E-state index contributed by atoms with van der Waals surface area (Å²) < 4.78 is 9.22. The molecule has 6 aromatic heterocycles. The van der Waals surface area contributed by atoms with Gasteiger partial charge in [-0.15, -0.1) is 0 Å². The fraction of sp³-hybridized carbons (Fsp3) is 0.0303. The third-order valence-corrected chi connectivity index (χ3v) is 22.7. The smallest absolute Gasteiger partial charge is 0.235 e. The second kappa shape index (κ2) is 23.5. The van der Waals surface area contributed by atoms with Crippen molar-refractivity contribution in [3.63, 3.8) is 0 Å². The zero-order valence-corrected chi connectivity index (χ0v) is 58.6. The molecule has 16 aromatic carbocycles. The van der Waals surface area contributed by atoms with Gasteiger partial charge in [0.25, 0.3) is 0 Å². The van der Waals surface area contributed by atoms with E-state index in [1.165, 1.54) is 137 Å². The van der Waals surface area contributed by atoms with Crippen molar-refractivity contribution in [2.45, 2.75) is 19.3 Å². The van der Waals surface area contributed by atoms with Crippen LogP contribution in [0.5, 0.6) is 0 Å². The van der Waals surface area contributed by atoms with E-state index in [4.69, 9.17) is 19.9 Å². The second-order valence-electron chi connectivity index (χ2n) is 28.9. The van der Waals surface area contributed by atoms with Gasteiger partial charge in [0.05, 0.1) is 60.9 Å². The Hall–Kier alpha value is -14.1. The van der Waals surface area contributed by atoms with Crippen LogP contribution in [0.2, 0.25) is 0 Å². The van der Waals surface area contributed by atoms with Crippen LogP contribution in [0.25, 0.3) is 198 Å². The fourth-order valence-corrected chi connectivity index (χ4v) is 17.7. The molecule has 8 nitrogen and oxygen atoms in total. The van der Waals surface area contributed by atoms with Crippen LogP contribution in [0.15, 0.2) is 352 Å². The number of benzene rings is 16. The highest BCUT2D eigenvalue weighted by Gasteiger charge is 2.36. The molecule has 23 rings (SSSR count). The topological polar surface area (TPSA) is 71.3 Å². The first kappa shape index (κ1) is 60.5. The predicted octanol–water partition coefficient (Wildman–Crippen LogP) is 25.3. The van der Waals surface area contributed by atoms with Crippen LogP contribution in [-0.2, 0) is 5.41 Å². The summed E-state index contributed by atoms with van der Waals surface area (Å²) in [4.78, 5) is 20.6. The van der Waals surface area contributed by atoms with Crippen LogP contribution >= 0.6 is 0 Å². The van der Waals surface area contributed by atoms with E-state index in [1.807, 2.05) is 24.4 Å². The molecule has 107 heavy (non-hydrogen) atoms. The zero-order chi connectivity index (χ0) is 70.6. The van der Waals surface area contributed by atoms with E-state index in [9.17, 15) is 0 Å². The third kappa shape index (κ3) is 9.29. The van der Waals surface area contributed by atoms with Crippen LogP contribution in [0.1, 0.15) is 25.0 Å². The van der Waals surface area contributed by atoms with Gasteiger partial charge in [-0.1, -0.05) is 250 Å². The van der Waals surface area contributed by atoms with Crippen LogP contribution in [-0.4, -0.2) is 38.2 Å². The van der Waals surface area contributed by atoms with Gasteiger partial charge in [0, 0.05) is 82.4 Å². The van der Waals surface area contributed by atoms with Crippen molar-refractivity contribution < 1.29 is 0 Å². The standard InChI is InChI=1S/C57H38N4.C42H26N4/c1-57(2)47-20-10-6-16-40(47)41-29-27-38(33-48(41)57)55-44-18-7-11-21-49(44)58-56(59-55)61-51-23-13-9-19-45(51)54-46-32-36(25-24-35(46)28-31-52(54)61)37-26-30-43-42-17-8-12-22-50(42)60(53(43)34-37)39-14-4-3-5-15-39;1-2-11-31(12-3-1)45-37-16-8-5-13-33(37)35-25-28(19-22-39(35)45)27-18-21-32-29(24-27)20-23-40-41(32)34-14-6-9-17-38(34)46(40)42-43-26-30-10-4-7-15-36(30)44-42/h3-34H,1-2H3;1-26H. The number of para-hydroxylation sites is 8. The molecule has 6 heterocycles. The summed E-state index contributed by atoms with van der Waals surface area (Å²) in [5, 5.41) is 16.7. The first-order chi connectivity index (χ1) is 52.8. The molecule has 0 radical (unpaired) electrons. The Morgan fingerprint density at radius 1 is 0.243 bits per heavy atom. The first-order valence-corrected chi connectivity index (χ1v) is 36.7. The van der Waals surface area contributed by atoms with Crippen molar-refractivity contribution in [2.24, 2.45) is 0 Å². The second-order valence-corrected chi connectivity index (χ2v) is 28.9. The van der Waals surface area contributed by atoms with Gasteiger partial charge < -0.3 is 9.13 Å². The Morgan fingerprint density at radius 3 is 1.42 bits per heavy atom. The third-order valence-electron chi connectivity index (χ3n) is 22.7. The van der Waals surface area contributed by atoms with E-state index in [1.54, 1.807) is 0 Å². The molecular formula is C99H64N8. The van der Waals surface area contributed by atoms with Crippen LogP contribution in [0.3, 0.4) is 0 Å². The summed E-state index contributed by atoms with van der Waals surface area (Å²) in [6, 6.07) is 125. The summed E-state index contributed by atoms with van der Waals surface area (Å²) >= 11 is 0. The molecule has 0 spiro atoms. The van der Waals surface area contributed by atoms with Gasteiger partial charge in [0.2, 0.25) is 11.9 Å². The van der Waals surface area contributed by atoms with E-state index in [2.05, 4.69) is 360 Å². The van der Waals surface area contributed by atoms with Crippen molar-refractivity contribution in [3.05, 3.63) is 363 Å². The quantitative estimate of drug-likeness (QED) is 0.159. The summed E-state index contributed by atoms with van der Waals surface area (Å²) in [7, 11) is 0. The number of rotatable bonds is 7. The highest BCUT2D eigenvalue weighted by molar-refractivity contribution is 6.24. The highest BCUT2D eigenvalue weighted by atomic mass is 15.2. The molecule has 8 heteroatoms. The molecule has 0 bridgehead atoms. The Kier molecular flexibility index (Phi) is 13.3. The molecular weight excluding hydrogens is 1300 g/mol. The van der Waals surface area contributed by atoms with Gasteiger partial charge >= 0.3 is 0 Å². The number of hydrogen-bond donors (Lipinski definition) is 0. The summed E-state index contributed by atoms with van der Waals surface area (Å²) in [5.41, 5.74) is 25.4. The van der Waals surface area contributed by atoms with Gasteiger partial charge in [0.1, 0.15) is 0 Å². The molecule has 0 aliphatic heterocycles. The summed E-state index contributed by atoms with van der Waals surface area (Å²) in [6.45, 7) is 4.67. The highest BCUT2D eigenvalue weighted by Crippen LogP contribution is 2.51. The van der Waals surface area contributed by atoms with Gasteiger partial charge in [-0.2, -0.15) is 0 Å². The molecule has 0 unspecified atom stereocenters. The first-order valence-electron chi connectivity index (χ1n) is 36.7. The van der Waals surface area contributed by atoms with Crippen molar-refractivity contribution in [2.75, 3.05) is 0 Å². The predicted molar refractivity (Wildman–Crippen MR) is 445 cm³/mol. The Morgan fingerprint density at radius 2 is 0.701 bits per heavy atom. The van der Waals surface area contributed by atoms with Gasteiger partial charge in [-0.3, -0.25) is 9.13 Å². The van der Waals surface area contributed by atoms with Crippen LogP contribution in [0, 0.1) is 0 Å². The normalized spacial score (nSPS) is 12.7. The van der Waals surface area contributed by atoms with E-state index in [0.717, 1.165) is 60.8 Å². The summed E-state index contributed by atoms with van der Waals surface area (Å²) in [5.74, 6) is 1.35. The van der Waals surface area contributed by atoms with E-state index >= 15 is 0 Å². The number of aromatic nitrogens is 8. The number of fused-ring (bicyclic) bond motifs is 21. The molecule has 0 saturated carbocycles. The van der Waals surface area contributed by atoms with E-state index in [-0.39, 0.29) is 5.41 Å². The molecule has 0 saturated heterocycles. The largest absolute Gasteiger partial charge is 0.309 e. The van der Waals surface area contributed by atoms with E-state index < -0.39 is 0 Å². The average molecular weight is 1370 g/mol. The average Bonchev–Trinajstić information content (AvgIpc) is 1.59. The monoisotopic (exact) mass is 1360 g/mol. The molecule has 500 valence electrons. The maximum atomic E-state index is 5.51. The lowest BCUT2D eigenvalue weighted by molar-refractivity contribution is 0.660. The Bertz CT molecular complexity index is 7480. The Balaban J connectivity index is 0.000000138. The fourth-order valence-electron chi connectivity index (χ4n) is 17.7. The minimum absolute atomic E-state index is 0.119. The Labute approximate surface area is 615 Å². The van der Waals surface area contributed by atoms with Gasteiger partial charge in [-0.25, -0.2) is 19.9 Å². The van der Waals surface area contributed by atoms with Gasteiger partial charge in [0.15, 0.2) is 0 Å².